The molecule has 158 valence electrons. The van der Waals surface area contributed by atoms with Gasteiger partial charge < -0.3 is 5.32 Å². The lowest BCUT2D eigenvalue weighted by Gasteiger charge is -2.12. The van der Waals surface area contributed by atoms with Gasteiger partial charge in [0.2, 0.25) is 11.5 Å². The van der Waals surface area contributed by atoms with Gasteiger partial charge in [-0.3, -0.25) is 14.2 Å². The fourth-order valence-corrected chi connectivity index (χ4v) is 4.27. The summed E-state index contributed by atoms with van der Waals surface area (Å²) >= 11 is 0. The Kier molecular flexibility index (Phi) is 4.77. The van der Waals surface area contributed by atoms with E-state index in [1.165, 1.54) is 16.6 Å². The van der Waals surface area contributed by atoms with Crippen molar-refractivity contribution in [2.75, 3.05) is 0 Å². The second kappa shape index (κ2) is 7.61. The number of fused-ring (bicyclic) bond motifs is 3. The molecule has 2 heterocycles. The number of hydrogen-bond donors (Lipinski definition) is 1. The summed E-state index contributed by atoms with van der Waals surface area (Å²) in [5.74, 6) is -0.748. The van der Waals surface area contributed by atoms with Crippen LogP contribution in [0.2, 0.25) is 0 Å². The number of carbonyl (C=O) groups is 1. The van der Waals surface area contributed by atoms with Gasteiger partial charge in [0, 0.05) is 6.04 Å². The molecule has 0 spiro atoms. The zero-order valence-electron chi connectivity index (χ0n) is 17.1. The Labute approximate surface area is 177 Å². The van der Waals surface area contributed by atoms with E-state index in [2.05, 4.69) is 15.4 Å². The van der Waals surface area contributed by atoms with E-state index in [0.717, 1.165) is 31.2 Å². The largest absolute Gasteiger partial charge is 0.347 e. The number of nitrogens with one attached hydrogen (secondary N) is 1. The zero-order valence-corrected chi connectivity index (χ0v) is 17.1. The van der Waals surface area contributed by atoms with Crippen molar-refractivity contribution in [1.29, 1.82) is 0 Å². The van der Waals surface area contributed by atoms with Crippen molar-refractivity contribution >= 4 is 22.6 Å². The molecule has 0 saturated heterocycles. The van der Waals surface area contributed by atoms with E-state index in [-0.39, 0.29) is 41.3 Å². The Morgan fingerprint density at radius 1 is 1.16 bits per heavy atom. The van der Waals surface area contributed by atoms with Gasteiger partial charge in [0.1, 0.15) is 5.82 Å². The molecule has 1 aliphatic rings. The van der Waals surface area contributed by atoms with Crippen molar-refractivity contribution in [1.82, 2.24) is 24.5 Å². The Hall–Kier alpha value is -3.55. The van der Waals surface area contributed by atoms with Crippen molar-refractivity contribution in [3.05, 3.63) is 75.6 Å². The predicted octanol–water partition coefficient (Wildman–Crippen LogP) is 3.21. The van der Waals surface area contributed by atoms with E-state index in [0.29, 0.717) is 16.6 Å². The summed E-state index contributed by atoms with van der Waals surface area (Å²) in [5.41, 5.74) is 2.63. The predicted molar refractivity (Wildman–Crippen MR) is 115 cm³/mol. The molecule has 0 aliphatic heterocycles. The normalized spacial score (nSPS) is 14.5. The van der Waals surface area contributed by atoms with Crippen LogP contribution < -0.4 is 10.9 Å². The number of aromatic nitrogens is 4. The first-order valence-corrected chi connectivity index (χ1v) is 10.4. The van der Waals surface area contributed by atoms with Crippen LogP contribution >= 0.6 is 0 Å². The lowest BCUT2D eigenvalue weighted by Crippen LogP contribution is -2.33. The van der Waals surface area contributed by atoms with E-state index in [1.54, 1.807) is 16.7 Å². The van der Waals surface area contributed by atoms with Crippen LogP contribution in [0, 0.1) is 12.7 Å². The molecule has 7 nitrogen and oxygen atoms in total. The quantitative estimate of drug-likeness (QED) is 0.551. The number of aryl methyl sites for hydroxylation is 1. The number of hydrogen-bond acceptors (Lipinski definition) is 4. The molecule has 0 unspecified atom stereocenters. The van der Waals surface area contributed by atoms with Crippen LogP contribution in [0.1, 0.15) is 47.4 Å². The third-order valence-corrected chi connectivity index (χ3v) is 5.82. The summed E-state index contributed by atoms with van der Waals surface area (Å²) in [6, 6.07) is 11.9. The molecule has 31 heavy (non-hydrogen) atoms. The van der Waals surface area contributed by atoms with E-state index in [9.17, 15) is 14.0 Å². The fraction of sp³-hybridized carbons (Fsp3) is 0.304. The van der Waals surface area contributed by atoms with E-state index >= 15 is 0 Å². The SMILES string of the molecule is Cc1ccc2c(c1)n(Cc1cccc(F)c1)c(=O)c1nc(C(=O)NC3CCCC3)nn12. The molecule has 1 saturated carbocycles. The topological polar surface area (TPSA) is 81.3 Å². The summed E-state index contributed by atoms with van der Waals surface area (Å²) in [6.45, 7) is 2.12. The summed E-state index contributed by atoms with van der Waals surface area (Å²) < 4.78 is 16.7. The molecule has 1 aliphatic carbocycles. The molecule has 1 fully saturated rings. The zero-order chi connectivity index (χ0) is 21.5. The first kappa shape index (κ1) is 19.4. The molecule has 8 heteroatoms. The first-order valence-electron chi connectivity index (χ1n) is 10.4. The van der Waals surface area contributed by atoms with Crippen molar-refractivity contribution in [3.63, 3.8) is 0 Å². The molecular formula is C23H22FN5O2. The highest BCUT2D eigenvalue weighted by atomic mass is 19.1. The molecule has 0 bridgehead atoms. The molecule has 5 rings (SSSR count). The Morgan fingerprint density at radius 3 is 2.74 bits per heavy atom. The highest BCUT2D eigenvalue weighted by molar-refractivity contribution is 5.91. The maximum Gasteiger partial charge on any atom is 0.296 e. The molecule has 0 radical (unpaired) electrons. The summed E-state index contributed by atoms with van der Waals surface area (Å²) in [4.78, 5) is 30.3. The van der Waals surface area contributed by atoms with E-state index in [1.807, 2.05) is 25.1 Å². The van der Waals surface area contributed by atoms with Gasteiger partial charge >= 0.3 is 0 Å². The van der Waals surface area contributed by atoms with E-state index in [4.69, 9.17) is 0 Å². The van der Waals surface area contributed by atoms with Gasteiger partial charge in [-0.1, -0.05) is 31.0 Å². The van der Waals surface area contributed by atoms with Crippen molar-refractivity contribution in [3.8, 4) is 0 Å². The Morgan fingerprint density at radius 2 is 1.97 bits per heavy atom. The lowest BCUT2D eigenvalue weighted by molar-refractivity contribution is 0.0927. The smallest absolute Gasteiger partial charge is 0.296 e. The number of amides is 1. The highest BCUT2D eigenvalue weighted by Gasteiger charge is 2.23. The third-order valence-electron chi connectivity index (χ3n) is 5.82. The van der Waals surface area contributed by atoms with Gasteiger partial charge in [-0.05, 0) is 55.2 Å². The van der Waals surface area contributed by atoms with E-state index < -0.39 is 0 Å². The molecular weight excluding hydrogens is 397 g/mol. The van der Waals surface area contributed by atoms with Crippen LogP contribution in [0.25, 0.3) is 16.7 Å². The second-order valence-electron chi connectivity index (χ2n) is 8.14. The van der Waals surface area contributed by atoms with Crippen molar-refractivity contribution < 1.29 is 9.18 Å². The third kappa shape index (κ3) is 3.58. The minimum Gasteiger partial charge on any atom is -0.347 e. The second-order valence-corrected chi connectivity index (χ2v) is 8.14. The number of halogens is 1. The van der Waals surface area contributed by atoms with Crippen LogP contribution in [-0.4, -0.2) is 31.1 Å². The van der Waals surface area contributed by atoms with Gasteiger partial charge in [-0.2, -0.15) is 4.98 Å². The van der Waals surface area contributed by atoms with Crippen LogP contribution in [0.5, 0.6) is 0 Å². The average Bonchev–Trinajstić information content (AvgIpc) is 3.41. The summed E-state index contributed by atoms with van der Waals surface area (Å²) in [5, 5.41) is 7.32. The molecule has 2 aromatic carbocycles. The monoisotopic (exact) mass is 419 g/mol. The van der Waals surface area contributed by atoms with Gasteiger partial charge in [0.05, 0.1) is 17.6 Å². The standard InChI is InChI=1S/C23H22FN5O2/c1-14-9-10-18-19(11-14)28(13-15-5-4-6-16(24)12-15)23(31)21-26-20(27-29(18)21)22(30)25-17-7-2-3-8-17/h4-6,9-12,17H,2-3,7-8,13H2,1H3,(H,25,30). The minimum atomic E-state index is -0.380. The number of carbonyl (C=O) groups excluding carboxylic acids is 1. The van der Waals surface area contributed by atoms with Gasteiger partial charge in [-0.15, -0.1) is 5.10 Å². The van der Waals surface area contributed by atoms with Gasteiger partial charge in [0.25, 0.3) is 11.5 Å². The Balaban J connectivity index is 1.65. The average molecular weight is 419 g/mol. The molecule has 1 N–H and O–H groups in total. The fourth-order valence-electron chi connectivity index (χ4n) is 4.27. The minimum absolute atomic E-state index is 0.0191. The van der Waals surface area contributed by atoms with Gasteiger partial charge in [0.15, 0.2) is 0 Å². The summed E-state index contributed by atoms with van der Waals surface area (Å²) in [7, 11) is 0. The van der Waals surface area contributed by atoms with Crippen LogP contribution in [-0.2, 0) is 6.54 Å². The van der Waals surface area contributed by atoms with Crippen molar-refractivity contribution in [2.45, 2.75) is 45.2 Å². The Bertz CT molecular complexity index is 1370. The van der Waals surface area contributed by atoms with Crippen LogP contribution in [0.4, 0.5) is 4.39 Å². The van der Waals surface area contributed by atoms with Crippen LogP contribution in [0.15, 0.2) is 47.3 Å². The maximum atomic E-state index is 13.7. The summed E-state index contributed by atoms with van der Waals surface area (Å²) in [6.07, 6.45) is 4.08. The van der Waals surface area contributed by atoms with Crippen LogP contribution in [0.3, 0.4) is 0 Å². The first-order chi connectivity index (χ1) is 15.0. The van der Waals surface area contributed by atoms with Crippen molar-refractivity contribution in [2.24, 2.45) is 0 Å². The molecule has 0 atom stereocenters. The lowest BCUT2D eigenvalue weighted by atomic mass is 10.2. The number of rotatable bonds is 4. The maximum absolute atomic E-state index is 13.7. The van der Waals surface area contributed by atoms with Gasteiger partial charge in [-0.25, -0.2) is 8.91 Å². The number of benzene rings is 2. The highest BCUT2D eigenvalue weighted by Crippen LogP contribution is 2.19. The molecule has 1 amide bonds. The number of nitrogens with zero attached hydrogens (tertiary/aromatic N) is 4. The molecule has 4 aromatic rings. The molecule has 2 aromatic heterocycles.